The van der Waals surface area contributed by atoms with Gasteiger partial charge in [0.05, 0.1) is 6.61 Å². The minimum absolute atomic E-state index is 0.129. The van der Waals surface area contributed by atoms with Gasteiger partial charge in [-0.05, 0) is 82.1 Å². The summed E-state index contributed by atoms with van der Waals surface area (Å²) in [7, 11) is 0. The number of hydrogen-bond acceptors (Lipinski definition) is 4. The number of likely N-dealkylation sites (tertiary alicyclic amines) is 1. The molecule has 5 nitrogen and oxygen atoms in total. The van der Waals surface area contributed by atoms with Gasteiger partial charge in [0.2, 0.25) is 0 Å². The predicted molar refractivity (Wildman–Crippen MR) is 106 cm³/mol. The van der Waals surface area contributed by atoms with E-state index in [1.165, 1.54) is 51.6 Å². The lowest BCUT2D eigenvalue weighted by atomic mass is 9.53. The van der Waals surface area contributed by atoms with Crippen LogP contribution in [0.1, 0.15) is 51.9 Å². The maximum Gasteiger partial charge on any atom is 0.409 e. The van der Waals surface area contributed by atoms with Gasteiger partial charge in [-0.1, -0.05) is 0 Å². The van der Waals surface area contributed by atoms with Crippen molar-refractivity contribution in [3.05, 3.63) is 0 Å². The highest BCUT2D eigenvalue weighted by Gasteiger charge is 2.50. The Hall–Kier alpha value is -0.810. The Morgan fingerprint density at radius 1 is 0.889 bits per heavy atom. The van der Waals surface area contributed by atoms with E-state index in [1.54, 1.807) is 6.42 Å². The smallest absolute Gasteiger partial charge is 0.409 e. The third-order valence-corrected chi connectivity index (χ3v) is 8.38. The SMILES string of the molecule is CCOC(=O)N1CCN(C2CCCN(C3C4CC5CC(C4)CC3C5)C2)CC1. The monoisotopic (exact) mass is 375 g/mol. The first kappa shape index (κ1) is 18.2. The maximum atomic E-state index is 12.0. The Labute approximate surface area is 164 Å². The minimum Gasteiger partial charge on any atom is -0.450 e. The van der Waals surface area contributed by atoms with E-state index in [-0.39, 0.29) is 6.09 Å². The van der Waals surface area contributed by atoms with Gasteiger partial charge in [-0.2, -0.15) is 0 Å². The molecule has 1 unspecified atom stereocenters. The summed E-state index contributed by atoms with van der Waals surface area (Å²) in [6, 6.07) is 1.58. The standard InChI is InChI=1S/C22H37N3O2/c1-2-27-22(26)24-8-6-23(7-9-24)20-4-3-5-25(15-20)21-18-11-16-10-17(13-18)14-19(21)12-16/h16-21H,2-15H2,1H3. The fraction of sp³-hybridized carbons (Fsp3) is 0.955. The molecule has 0 radical (unpaired) electrons. The number of piperazine rings is 1. The zero-order chi connectivity index (χ0) is 18.4. The molecule has 0 spiro atoms. The van der Waals surface area contributed by atoms with Crippen molar-refractivity contribution in [1.29, 1.82) is 0 Å². The Morgan fingerprint density at radius 3 is 2.19 bits per heavy atom. The van der Waals surface area contributed by atoms with Gasteiger partial charge < -0.3 is 9.64 Å². The number of amides is 1. The number of hydrogen-bond donors (Lipinski definition) is 0. The number of carbonyl (C=O) groups is 1. The fourth-order valence-corrected chi connectivity index (χ4v) is 7.53. The van der Waals surface area contributed by atoms with Gasteiger partial charge in [-0.25, -0.2) is 4.79 Å². The number of rotatable bonds is 3. The second-order valence-corrected chi connectivity index (χ2v) is 9.93. The molecular weight excluding hydrogens is 338 g/mol. The molecule has 27 heavy (non-hydrogen) atoms. The molecule has 2 aliphatic heterocycles. The van der Waals surface area contributed by atoms with Gasteiger partial charge in [0, 0.05) is 44.8 Å². The molecule has 1 amide bonds. The lowest BCUT2D eigenvalue weighted by Crippen LogP contribution is -2.61. The molecule has 2 saturated heterocycles. The van der Waals surface area contributed by atoms with Crippen LogP contribution in [0, 0.1) is 23.7 Å². The summed E-state index contributed by atoms with van der Waals surface area (Å²) in [6.45, 7) is 8.63. The highest BCUT2D eigenvalue weighted by atomic mass is 16.6. The first-order chi connectivity index (χ1) is 13.2. The molecule has 152 valence electrons. The van der Waals surface area contributed by atoms with Gasteiger partial charge in [0.15, 0.2) is 0 Å². The molecule has 1 atom stereocenters. The zero-order valence-corrected chi connectivity index (χ0v) is 17.0. The van der Waals surface area contributed by atoms with Crippen molar-refractivity contribution in [1.82, 2.24) is 14.7 Å². The van der Waals surface area contributed by atoms with Crippen LogP contribution in [-0.2, 0) is 4.74 Å². The highest BCUT2D eigenvalue weighted by Crippen LogP contribution is 2.55. The Kier molecular flexibility index (Phi) is 5.10. The van der Waals surface area contributed by atoms with E-state index < -0.39 is 0 Å². The Morgan fingerprint density at radius 2 is 1.56 bits per heavy atom. The van der Waals surface area contributed by atoms with Crippen molar-refractivity contribution in [3.63, 3.8) is 0 Å². The van der Waals surface area contributed by atoms with E-state index in [9.17, 15) is 4.79 Å². The number of piperidine rings is 1. The molecule has 0 aromatic carbocycles. The number of ether oxygens (including phenoxy) is 1. The van der Waals surface area contributed by atoms with Gasteiger partial charge in [0.1, 0.15) is 0 Å². The van der Waals surface area contributed by atoms with Crippen LogP contribution in [0.2, 0.25) is 0 Å². The van der Waals surface area contributed by atoms with Crippen molar-refractivity contribution in [3.8, 4) is 0 Å². The molecule has 0 aromatic heterocycles. The van der Waals surface area contributed by atoms with Crippen LogP contribution in [0.3, 0.4) is 0 Å². The third-order valence-electron chi connectivity index (χ3n) is 8.38. The van der Waals surface area contributed by atoms with E-state index in [0.717, 1.165) is 55.9 Å². The molecule has 4 saturated carbocycles. The largest absolute Gasteiger partial charge is 0.450 e. The summed E-state index contributed by atoms with van der Waals surface area (Å²) in [5, 5.41) is 0. The van der Waals surface area contributed by atoms with Crippen molar-refractivity contribution in [2.45, 2.75) is 64.0 Å². The lowest BCUT2D eigenvalue weighted by Gasteiger charge is -2.58. The Bertz CT molecular complexity index is 518. The van der Waals surface area contributed by atoms with E-state index >= 15 is 0 Å². The third kappa shape index (κ3) is 3.50. The number of carbonyl (C=O) groups excluding carboxylic acids is 1. The van der Waals surface area contributed by atoms with Crippen LogP contribution >= 0.6 is 0 Å². The predicted octanol–water partition coefficient (Wildman–Crippen LogP) is 3.05. The zero-order valence-electron chi connectivity index (χ0n) is 17.0. The van der Waals surface area contributed by atoms with Crippen LogP contribution in [0.15, 0.2) is 0 Å². The van der Waals surface area contributed by atoms with E-state index in [4.69, 9.17) is 4.74 Å². The topological polar surface area (TPSA) is 36.0 Å². The second kappa shape index (κ2) is 7.55. The lowest BCUT2D eigenvalue weighted by molar-refractivity contribution is -0.0810. The van der Waals surface area contributed by atoms with Gasteiger partial charge in [0.25, 0.3) is 0 Å². The molecule has 6 aliphatic rings. The molecule has 0 N–H and O–H groups in total. The minimum atomic E-state index is -0.129. The molecule has 2 heterocycles. The molecule has 0 aromatic rings. The van der Waals surface area contributed by atoms with E-state index in [2.05, 4.69) is 9.80 Å². The summed E-state index contributed by atoms with van der Waals surface area (Å²) in [4.78, 5) is 19.4. The molecule has 6 rings (SSSR count). The summed E-state index contributed by atoms with van der Waals surface area (Å²) < 4.78 is 5.17. The first-order valence-electron chi connectivity index (χ1n) is 11.6. The molecule has 6 fully saturated rings. The summed E-state index contributed by atoms with van der Waals surface area (Å²) in [5.74, 6) is 4.14. The van der Waals surface area contributed by atoms with Gasteiger partial charge in [-0.15, -0.1) is 0 Å². The van der Waals surface area contributed by atoms with Crippen LogP contribution < -0.4 is 0 Å². The Balaban J connectivity index is 1.18. The van der Waals surface area contributed by atoms with Crippen LogP contribution in [0.25, 0.3) is 0 Å². The van der Waals surface area contributed by atoms with E-state index in [0.29, 0.717) is 12.6 Å². The van der Waals surface area contributed by atoms with Crippen molar-refractivity contribution in [2.75, 3.05) is 45.9 Å². The highest BCUT2D eigenvalue weighted by molar-refractivity contribution is 5.67. The number of nitrogens with zero attached hydrogens (tertiary/aromatic N) is 3. The van der Waals surface area contributed by atoms with Crippen molar-refractivity contribution < 1.29 is 9.53 Å². The van der Waals surface area contributed by atoms with E-state index in [1.807, 2.05) is 11.8 Å². The second-order valence-electron chi connectivity index (χ2n) is 9.93. The van der Waals surface area contributed by atoms with Crippen LogP contribution in [0.4, 0.5) is 4.79 Å². The average Bonchev–Trinajstić information content (AvgIpc) is 2.68. The van der Waals surface area contributed by atoms with Crippen molar-refractivity contribution in [2.24, 2.45) is 23.7 Å². The summed E-state index contributed by atoms with van der Waals surface area (Å²) in [6.07, 6.45) is 10.2. The summed E-state index contributed by atoms with van der Waals surface area (Å²) >= 11 is 0. The summed E-state index contributed by atoms with van der Waals surface area (Å²) in [5.41, 5.74) is 0. The maximum absolute atomic E-state index is 12.0. The normalized spacial score (nSPS) is 42.5. The van der Waals surface area contributed by atoms with Crippen LogP contribution in [-0.4, -0.2) is 78.8 Å². The first-order valence-corrected chi connectivity index (χ1v) is 11.6. The van der Waals surface area contributed by atoms with Crippen LogP contribution in [0.5, 0.6) is 0 Å². The molecule has 4 bridgehead atoms. The van der Waals surface area contributed by atoms with Crippen molar-refractivity contribution >= 4 is 6.09 Å². The quantitative estimate of drug-likeness (QED) is 0.760. The molecule has 4 aliphatic carbocycles. The molecular formula is C22H37N3O2. The average molecular weight is 376 g/mol. The molecule has 5 heteroatoms. The van der Waals surface area contributed by atoms with Gasteiger partial charge in [-0.3, -0.25) is 9.80 Å². The van der Waals surface area contributed by atoms with Gasteiger partial charge >= 0.3 is 6.09 Å². The fourth-order valence-electron chi connectivity index (χ4n) is 7.53.